The monoisotopic (exact) mass is 420 g/mol. The number of nitrogens with zero attached hydrogens (tertiary/aromatic N) is 2. The number of aliphatic carboxylic acids is 1. The van der Waals surface area contributed by atoms with E-state index in [9.17, 15) is 14.7 Å². The molecule has 2 aromatic carbocycles. The molecule has 1 saturated heterocycles. The van der Waals surface area contributed by atoms with Gasteiger partial charge in [0.25, 0.3) is 0 Å². The first-order valence-corrected chi connectivity index (χ1v) is 11.2. The first-order valence-electron chi connectivity index (χ1n) is 11.2. The minimum Gasteiger partial charge on any atom is -0.550 e. The topological polar surface area (TPSA) is 75.7 Å². The number of hydrogen-bond acceptors (Lipinski definition) is 5. The summed E-state index contributed by atoms with van der Waals surface area (Å²) in [5, 5.41) is 14.3. The number of carboxylic acids is 1. The predicted octanol–water partition coefficient (Wildman–Crippen LogP) is 2.82. The molecule has 1 heterocycles. The fourth-order valence-corrected chi connectivity index (χ4v) is 4.84. The highest BCUT2D eigenvalue weighted by Crippen LogP contribution is 2.31. The Morgan fingerprint density at radius 1 is 0.871 bits per heavy atom. The second-order valence-electron chi connectivity index (χ2n) is 8.61. The van der Waals surface area contributed by atoms with E-state index in [1.807, 2.05) is 24.3 Å². The molecular weight excluding hydrogens is 390 g/mol. The first kappa shape index (κ1) is 21.2. The molecule has 0 unspecified atom stereocenters. The molecular formula is C25H30N3O3-. The number of hydrogen-bond donors (Lipinski definition) is 1. The van der Waals surface area contributed by atoms with Crippen LogP contribution in [0, 0.1) is 18.8 Å². The van der Waals surface area contributed by atoms with Crippen LogP contribution in [0.5, 0.6) is 0 Å². The minimum atomic E-state index is -1.11. The van der Waals surface area contributed by atoms with Crippen molar-refractivity contribution < 1.29 is 14.7 Å². The Labute approximate surface area is 183 Å². The van der Waals surface area contributed by atoms with E-state index in [2.05, 4.69) is 46.3 Å². The zero-order valence-corrected chi connectivity index (χ0v) is 18.0. The number of nitrogens with one attached hydrogen (secondary N) is 1. The Bertz CT molecular complexity index is 920. The number of carbonyl (C=O) groups is 2. The van der Waals surface area contributed by atoms with E-state index in [-0.39, 0.29) is 5.91 Å². The van der Waals surface area contributed by atoms with Gasteiger partial charge >= 0.3 is 0 Å². The Balaban J connectivity index is 1.34. The SMILES string of the molecule is Cc1ccccc1N1CCN(c2ccc(NC(=O)[C@H]3CCCC[C@@H]3C(=O)[O-])cc2)CC1. The highest BCUT2D eigenvalue weighted by Gasteiger charge is 2.31. The van der Waals surface area contributed by atoms with Gasteiger partial charge in [0, 0.05) is 61.0 Å². The summed E-state index contributed by atoms with van der Waals surface area (Å²) in [6.45, 7) is 5.97. The summed E-state index contributed by atoms with van der Waals surface area (Å²) in [5.41, 5.74) is 4.44. The zero-order valence-electron chi connectivity index (χ0n) is 18.0. The largest absolute Gasteiger partial charge is 0.550 e. The number of para-hydroxylation sites is 1. The molecule has 1 saturated carbocycles. The van der Waals surface area contributed by atoms with Crippen LogP contribution >= 0.6 is 0 Å². The van der Waals surface area contributed by atoms with Gasteiger partial charge in [0.2, 0.25) is 5.91 Å². The van der Waals surface area contributed by atoms with Gasteiger partial charge in [-0.2, -0.15) is 0 Å². The fourth-order valence-electron chi connectivity index (χ4n) is 4.84. The van der Waals surface area contributed by atoms with Crippen molar-refractivity contribution in [3.05, 3.63) is 54.1 Å². The molecule has 0 radical (unpaired) electrons. The van der Waals surface area contributed by atoms with E-state index in [0.717, 1.165) is 44.7 Å². The molecule has 1 aliphatic heterocycles. The first-order chi connectivity index (χ1) is 15.0. The molecule has 2 atom stereocenters. The molecule has 6 nitrogen and oxygen atoms in total. The third-order valence-electron chi connectivity index (χ3n) is 6.64. The van der Waals surface area contributed by atoms with Crippen molar-refractivity contribution in [1.29, 1.82) is 0 Å². The molecule has 1 amide bonds. The summed E-state index contributed by atoms with van der Waals surface area (Å²) < 4.78 is 0. The average Bonchev–Trinajstić information content (AvgIpc) is 2.80. The number of aryl methyl sites for hydroxylation is 1. The van der Waals surface area contributed by atoms with E-state index in [1.165, 1.54) is 11.3 Å². The van der Waals surface area contributed by atoms with Crippen molar-refractivity contribution in [1.82, 2.24) is 0 Å². The Morgan fingerprint density at radius 3 is 2.13 bits per heavy atom. The van der Waals surface area contributed by atoms with Crippen molar-refractivity contribution in [3.8, 4) is 0 Å². The van der Waals surface area contributed by atoms with Crippen LogP contribution in [0.1, 0.15) is 31.2 Å². The molecule has 1 N–H and O–H groups in total. The van der Waals surface area contributed by atoms with Crippen LogP contribution in [-0.4, -0.2) is 38.1 Å². The standard InChI is InChI=1S/C25H31N3O3/c1-18-6-2-5-9-23(18)28-16-14-27(15-17-28)20-12-10-19(11-13-20)26-24(29)21-7-3-4-8-22(21)25(30)31/h2,5-6,9-13,21-22H,3-4,7-8,14-17H2,1H3,(H,26,29)(H,30,31)/p-1/t21-,22-/m0/s1. The van der Waals surface area contributed by atoms with E-state index >= 15 is 0 Å². The fraction of sp³-hybridized carbons (Fsp3) is 0.440. The second kappa shape index (κ2) is 9.41. The van der Waals surface area contributed by atoms with Crippen LogP contribution in [0.2, 0.25) is 0 Å². The van der Waals surface area contributed by atoms with E-state index in [1.54, 1.807) is 0 Å². The maximum Gasteiger partial charge on any atom is 0.228 e. The number of amides is 1. The highest BCUT2D eigenvalue weighted by atomic mass is 16.4. The maximum atomic E-state index is 12.6. The summed E-state index contributed by atoms with van der Waals surface area (Å²) in [4.78, 5) is 28.8. The minimum absolute atomic E-state index is 0.214. The molecule has 31 heavy (non-hydrogen) atoms. The van der Waals surface area contributed by atoms with Gasteiger partial charge in [0.05, 0.1) is 0 Å². The molecule has 164 valence electrons. The van der Waals surface area contributed by atoms with Gasteiger partial charge < -0.3 is 25.0 Å². The second-order valence-corrected chi connectivity index (χ2v) is 8.61. The number of piperazine rings is 1. The van der Waals surface area contributed by atoms with Crippen LogP contribution in [0.25, 0.3) is 0 Å². The Hall–Kier alpha value is -3.02. The molecule has 4 rings (SSSR count). The van der Waals surface area contributed by atoms with Gasteiger partial charge in [0.15, 0.2) is 0 Å². The van der Waals surface area contributed by atoms with Gasteiger partial charge in [-0.1, -0.05) is 31.0 Å². The molecule has 6 heteroatoms. The van der Waals surface area contributed by atoms with Gasteiger partial charge in [0.1, 0.15) is 0 Å². The van der Waals surface area contributed by atoms with Gasteiger partial charge in [-0.3, -0.25) is 4.79 Å². The molecule has 2 fully saturated rings. The summed E-state index contributed by atoms with van der Waals surface area (Å²) in [6.07, 6.45) is 2.85. The summed E-state index contributed by atoms with van der Waals surface area (Å²) in [7, 11) is 0. The van der Waals surface area contributed by atoms with Crippen LogP contribution < -0.4 is 20.2 Å². The summed E-state index contributed by atoms with van der Waals surface area (Å²) in [6, 6.07) is 16.3. The molecule has 0 bridgehead atoms. The third-order valence-corrected chi connectivity index (χ3v) is 6.64. The molecule has 1 aliphatic carbocycles. The third kappa shape index (κ3) is 4.84. The van der Waals surface area contributed by atoms with E-state index in [0.29, 0.717) is 18.5 Å². The van der Waals surface area contributed by atoms with Crippen molar-refractivity contribution >= 4 is 28.9 Å². The van der Waals surface area contributed by atoms with Crippen molar-refractivity contribution in [2.75, 3.05) is 41.3 Å². The zero-order chi connectivity index (χ0) is 21.8. The van der Waals surface area contributed by atoms with Crippen LogP contribution in [0.15, 0.2) is 48.5 Å². The highest BCUT2D eigenvalue weighted by molar-refractivity contribution is 5.95. The number of benzene rings is 2. The lowest BCUT2D eigenvalue weighted by Gasteiger charge is -2.38. The van der Waals surface area contributed by atoms with Gasteiger partial charge in [-0.25, -0.2) is 0 Å². The van der Waals surface area contributed by atoms with Crippen molar-refractivity contribution in [2.45, 2.75) is 32.6 Å². The van der Waals surface area contributed by atoms with Crippen LogP contribution in [0.4, 0.5) is 17.1 Å². The van der Waals surface area contributed by atoms with Crippen LogP contribution in [-0.2, 0) is 9.59 Å². The number of rotatable bonds is 5. The number of carboxylic acid groups (broad SMARTS) is 1. The lowest BCUT2D eigenvalue weighted by atomic mass is 9.78. The van der Waals surface area contributed by atoms with E-state index in [4.69, 9.17) is 0 Å². The van der Waals surface area contributed by atoms with Crippen molar-refractivity contribution in [3.63, 3.8) is 0 Å². The smallest absolute Gasteiger partial charge is 0.228 e. The molecule has 2 aliphatic rings. The normalized spacial score (nSPS) is 21.6. The molecule has 0 aromatic heterocycles. The average molecular weight is 421 g/mol. The number of carbonyl (C=O) groups excluding carboxylic acids is 2. The van der Waals surface area contributed by atoms with Gasteiger partial charge in [-0.15, -0.1) is 0 Å². The summed E-state index contributed by atoms with van der Waals surface area (Å²) >= 11 is 0. The summed E-state index contributed by atoms with van der Waals surface area (Å²) in [5.74, 6) is -2.51. The molecule has 0 spiro atoms. The number of anilines is 3. The van der Waals surface area contributed by atoms with Crippen LogP contribution in [0.3, 0.4) is 0 Å². The predicted molar refractivity (Wildman–Crippen MR) is 121 cm³/mol. The van der Waals surface area contributed by atoms with E-state index < -0.39 is 17.8 Å². The quantitative estimate of drug-likeness (QED) is 0.805. The lowest BCUT2D eigenvalue weighted by molar-refractivity contribution is -0.313. The maximum absolute atomic E-state index is 12.6. The Kier molecular flexibility index (Phi) is 6.44. The van der Waals surface area contributed by atoms with Crippen molar-refractivity contribution in [2.24, 2.45) is 11.8 Å². The molecule has 2 aromatic rings. The Morgan fingerprint density at radius 2 is 1.48 bits per heavy atom. The lowest BCUT2D eigenvalue weighted by Crippen LogP contribution is -2.46. The van der Waals surface area contributed by atoms with Gasteiger partial charge in [-0.05, 0) is 55.7 Å².